The molecule has 3 heterocycles. The molecule has 1 fully saturated rings. The van der Waals surface area contributed by atoms with Crippen LogP contribution in [0.4, 0.5) is 0 Å². The highest BCUT2D eigenvalue weighted by atomic mass is 16.2. The van der Waals surface area contributed by atoms with Crippen molar-refractivity contribution in [3.8, 4) is 0 Å². The van der Waals surface area contributed by atoms with Crippen molar-refractivity contribution in [3.63, 3.8) is 0 Å². The van der Waals surface area contributed by atoms with Crippen molar-refractivity contribution in [2.45, 2.75) is 25.8 Å². The van der Waals surface area contributed by atoms with Gasteiger partial charge in [-0.15, -0.1) is 0 Å². The number of aromatic amines is 2. The second-order valence-corrected chi connectivity index (χ2v) is 6.09. The van der Waals surface area contributed by atoms with Crippen molar-refractivity contribution >= 4 is 5.91 Å². The minimum absolute atomic E-state index is 0.0205. The number of nitrogens with one attached hydrogen (secondary N) is 2. The molecular formula is C15H22N6O. The van der Waals surface area contributed by atoms with Crippen LogP contribution in [0.2, 0.25) is 0 Å². The largest absolute Gasteiger partial charge is 0.347 e. The van der Waals surface area contributed by atoms with Gasteiger partial charge < -0.3 is 9.88 Å². The van der Waals surface area contributed by atoms with Gasteiger partial charge in [0, 0.05) is 37.7 Å². The van der Waals surface area contributed by atoms with E-state index < -0.39 is 0 Å². The van der Waals surface area contributed by atoms with Crippen molar-refractivity contribution in [2.24, 2.45) is 0 Å². The Hall–Kier alpha value is -2.15. The Balaban J connectivity index is 1.75. The number of rotatable bonds is 3. The molecule has 7 heteroatoms. The van der Waals surface area contributed by atoms with Crippen LogP contribution in [0.25, 0.3) is 0 Å². The fraction of sp³-hybridized carbons (Fsp3) is 0.533. The molecule has 0 unspecified atom stereocenters. The maximum atomic E-state index is 12.7. The van der Waals surface area contributed by atoms with Crippen molar-refractivity contribution in [1.82, 2.24) is 30.0 Å². The van der Waals surface area contributed by atoms with Gasteiger partial charge in [0.25, 0.3) is 5.91 Å². The van der Waals surface area contributed by atoms with Crippen molar-refractivity contribution in [3.05, 3.63) is 35.7 Å². The first-order valence-electron chi connectivity index (χ1n) is 7.60. The molecule has 2 aromatic heterocycles. The van der Waals surface area contributed by atoms with Crippen LogP contribution < -0.4 is 0 Å². The number of imidazole rings is 1. The summed E-state index contributed by atoms with van der Waals surface area (Å²) < 4.78 is 0. The molecule has 7 nitrogen and oxygen atoms in total. The molecule has 0 saturated carbocycles. The zero-order chi connectivity index (χ0) is 15.7. The van der Waals surface area contributed by atoms with E-state index >= 15 is 0 Å². The maximum Gasteiger partial charge on any atom is 0.274 e. The monoisotopic (exact) mass is 302 g/mol. The first kappa shape index (κ1) is 14.8. The zero-order valence-electron chi connectivity index (χ0n) is 13.2. The van der Waals surface area contributed by atoms with Crippen LogP contribution in [0.3, 0.4) is 0 Å². The van der Waals surface area contributed by atoms with E-state index in [-0.39, 0.29) is 11.9 Å². The number of nitrogens with zero attached hydrogens (tertiary/aromatic N) is 4. The van der Waals surface area contributed by atoms with Gasteiger partial charge in [0.15, 0.2) is 0 Å². The number of carbonyl (C=O) groups is 1. The summed E-state index contributed by atoms with van der Waals surface area (Å²) >= 11 is 0. The highest BCUT2D eigenvalue weighted by Crippen LogP contribution is 2.22. The number of piperazine rings is 1. The number of hydrogen-bond acceptors (Lipinski definition) is 4. The lowest BCUT2D eigenvalue weighted by Gasteiger charge is -2.38. The molecule has 1 atom stereocenters. The third-order valence-electron chi connectivity index (χ3n) is 4.21. The third-order valence-corrected chi connectivity index (χ3v) is 4.21. The summed E-state index contributed by atoms with van der Waals surface area (Å²) in [6.45, 7) is 6.29. The van der Waals surface area contributed by atoms with Crippen LogP contribution in [-0.2, 0) is 0 Å². The minimum Gasteiger partial charge on any atom is -0.347 e. The molecule has 1 amide bonds. The van der Waals surface area contributed by atoms with E-state index in [1.165, 1.54) is 0 Å². The fourth-order valence-corrected chi connectivity index (χ4v) is 2.72. The molecule has 22 heavy (non-hydrogen) atoms. The Kier molecular flexibility index (Phi) is 3.98. The summed E-state index contributed by atoms with van der Waals surface area (Å²) in [6.07, 6.45) is 3.55. The molecule has 0 radical (unpaired) electrons. The second kappa shape index (κ2) is 5.92. The molecule has 3 rings (SSSR count). The Bertz CT molecular complexity index is 632. The Morgan fingerprint density at radius 3 is 2.86 bits per heavy atom. The molecule has 0 bridgehead atoms. The predicted molar refractivity (Wildman–Crippen MR) is 82.5 cm³/mol. The number of H-pyrrole nitrogens is 2. The normalized spacial score (nSPS) is 19.8. The Morgan fingerprint density at radius 2 is 2.23 bits per heavy atom. The summed E-state index contributed by atoms with van der Waals surface area (Å²) in [4.78, 5) is 24.2. The van der Waals surface area contributed by atoms with Gasteiger partial charge in [-0.1, -0.05) is 13.8 Å². The van der Waals surface area contributed by atoms with E-state index in [2.05, 4.69) is 46.0 Å². The highest BCUT2D eigenvalue weighted by Gasteiger charge is 2.31. The van der Waals surface area contributed by atoms with E-state index in [0.717, 1.165) is 18.1 Å². The molecule has 0 aliphatic carbocycles. The van der Waals surface area contributed by atoms with Crippen molar-refractivity contribution in [2.75, 3.05) is 26.7 Å². The molecule has 118 valence electrons. The molecule has 2 N–H and O–H groups in total. The molecule has 2 aromatic rings. The van der Waals surface area contributed by atoms with Gasteiger partial charge in [-0.2, -0.15) is 5.10 Å². The summed E-state index contributed by atoms with van der Waals surface area (Å²) in [5.41, 5.74) is 1.48. The van der Waals surface area contributed by atoms with Crippen LogP contribution in [-0.4, -0.2) is 62.6 Å². The summed E-state index contributed by atoms with van der Waals surface area (Å²) in [5, 5.41) is 7.11. The second-order valence-electron chi connectivity index (χ2n) is 6.09. The first-order valence-corrected chi connectivity index (χ1v) is 7.60. The number of carbonyl (C=O) groups excluding carboxylic acids is 1. The summed E-state index contributed by atoms with van der Waals surface area (Å²) in [5.74, 6) is 1.20. The molecule has 0 aromatic carbocycles. The van der Waals surface area contributed by atoms with E-state index in [1.54, 1.807) is 6.20 Å². The smallest absolute Gasteiger partial charge is 0.274 e. The lowest BCUT2D eigenvalue weighted by Crippen LogP contribution is -2.49. The molecule has 1 aliphatic heterocycles. The van der Waals surface area contributed by atoms with Gasteiger partial charge in [-0.05, 0) is 19.0 Å². The number of likely N-dealkylation sites (N-methyl/N-ethyl adjacent to an activating group) is 1. The van der Waals surface area contributed by atoms with E-state index in [1.807, 2.05) is 17.2 Å². The number of hydrogen-bond donors (Lipinski definition) is 2. The Morgan fingerprint density at radius 1 is 1.41 bits per heavy atom. The third kappa shape index (κ3) is 2.76. The van der Waals surface area contributed by atoms with Crippen LogP contribution in [0.15, 0.2) is 18.5 Å². The standard InChI is InChI=1S/C15H22N6O/c1-10(2)11-8-12(19-18-11)15(22)21-7-6-20(3)13(9-21)14-16-4-5-17-14/h4-5,8,10,13H,6-7,9H2,1-3H3,(H,16,17)(H,18,19)/t13-/m1/s1. The van der Waals surface area contributed by atoms with Crippen LogP contribution in [0.5, 0.6) is 0 Å². The van der Waals surface area contributed by atoms with Gasteiger partial charge in [0.05, 0.1) is 6.04 Å². The van der Waals surface area contributed by atoms with Gasteiger partial charge in [-0.3, -0.25) is 14.8 Å². The van der Waals surface area contributed by atoms with Crippen molar-refractivity contribution in [1.29, 1.82) is 0 Å². The molecule has 1 saturated heterocycles. The number of amides is 1. The van der Waals surface area contributed by atoms with E-state index in [4.69, 9.17) is 0 Å². The van der Waals surface area contributed by atoms with Gasteiger partial charge >= 0.3 is 0 Å². The predicted octanol–water partition coefficient (Wildman–Crippen LogP) is 1.39. The van der Waals surface area contributed by atoms with Gasteiger partial charge in [0.1, 0.15) is 11.5 Å². The first-order chi connectivity index (χ1) is 10.6. The topological polar surface area (TPSA) is 80.9 Å². The van der Waals surface area contributed by atoms with Crippen LogP contribution in [0.1, 0.15) is 47.8 Å². The average Bonchev–Trinajstić information content (AvgIpc) is 3.18. The maximum absolute atomic E-state index is 12.7. The summed E-state index contributed by atoms with van der Waals surface area (Å²) in [7, 11) is 2.06. The number of aromatic nitrogens is 4. The Labute approximate surface area is 129 Å². The van der Waals surface area contributed by atoms with Crippen molar-refractivity contribution < 1.29 is 4.79 Å². The van der Waals surface area contributed by atoms with E-state index in [0.29, 0.717) is 24.7 Å². The minimum atomic E-state index is -0.0205. The molecule has 0 spiro atoms. The average molecular weight is 302 g/mol. The van der Waals surface area contributed by atoms with Crippen LogP contribution >= 0.6 is 0 Å². The fourth-order valence-electron chi connectivity index (χ4n) is 2.72. The highest BCUT2D eigenvalue weighted by molar-refractivity contribution is 5.92. The van der Waals surface area contributed by atoms with Gasteiger partial charge in [0.2, 0.25) is 0 Å². The van der Waals surface area contributed by atoms with E-state index in [9.17, 15) is 4.79 Å². The van der Waals surface area contributed by atoms with Crippen LogP contribution in [0, 0.1) is 0 Å². The molecular weight excluding hydrogens is 280 g/mol. The zero-order valence-corrected chi connectivity index (χ0v) is 13.2. The quantitative estimate of drug-likeness (QED) is 0.897. The van der Waals surface area contributed by atoms with Gasteiger partial charge in [-0.25, -0.2) is 4.98 Å². The SMILES string of the molecule is CC(C)c1cc(C(=O)N2CCN(C)[C@@H](c3ncc[nH]3)C2)n[nH]1. The lowest BCUT2D eigenvalue weighted by molar-refractivity contribution is 0.0529. The lowest BCUT2D eigenvalue weighted by atomic mass is 10.1. The summed E-state index contributed by atoms with van der Waals surface area (Å²) in [6, 6.07) is 1.95. The molecule has 1 aliphatic rings.